The first-order valence-electron chi connectivity index (χ1n) is 8.42. The van der Waals surface area contributed by atoms with E-state index in [1.54, 1.807) is 0 Å². The van der Waals surface area contributed by atoms with Gasteiger partial charge in [-0.3, -0.25) is 0 Å². The predicted molar refractivity (Wildman–Crippen MR) is 95.8 cm³/mol. The zero-order valence-electron chi connectivity index (χ0n) is 14.2. The van der Waals surface area contributed by atoms with Crippen molar-refractivity contribution in [1.82, 2.24) is 5.32 Å². The van der Waals surface area contributed by atoms with Crippen molar-refractivity contribution in [2.45, 2.75) is 65.6 Å². The van der Waals surface area contributed by atoms with Gasteiger partial charge in [-0.05, 0) is 37.2 Å². The van der Waals surface area contributed by atoms with Gasteiger partial charge in [-0.1, -0.05) is 76.3 Å². The molecule has 2 atom stereocenters. The number of hydrogen-bond donors (Lipinski definition) is 1. The molecule has 1 aromatic carbocycles. The number of benzene rings is 1. The van der Waals surface area contributed by atoms with Crippen molar-refractivity contribution in [3.05, 3.63) is 47.7 Å². The molecular weight excluding hydrogens is 253 g/mol. The van der Waals surface area contributed by atoms with E-state index in [4.69, 9.17) is 0 Å². The highest BCUT2D eigenvalue weighted by atomic mass is 14.9. The van der Waals surface area contributed by atoms with Gasteiger partial charge in [0.2, 0.25) is 0 Å². The summed E-state index contributed by atoms with van der Waals surface area (Å²) >= 11 is 0. The Morgan fingerprint density at radius 2 is 2.00 bits per heavy atom. The fourth-order valence-electron chi connectivity index (χ4n) is 2.52. The van der Waals surface area contributed by atoms with Gasteiger partial charge in [-0.2, -0.15) is 0 Å². The minimum Gasteiger partial charge on any atom is -0.394 e. The number of unbranched alkanes of at least 4 members (excludes halogenated alkanes) is 1. The van der Waals surface area contributed by atoms with Crippen LogP contribution in [0.3, 0.4) is 0 Å². The van der Waals surface area contributed by atoms with E-state index >= 15 is 0 Å². The van der Waals surface area contributed by atoms with Gasteiger partial charge in [0.05, 0.1) is 0 Å². The molecule has 0 aromatic heterocycles. The largest absolute Gasteiger partial charge is 0.394 e. The SMILES string of the molecule is C[B]C(Cc1ccccc1)N/C(C)=C/CC(C)CCCC. The first kappa shape index (κ1) is 17.9. The summed E-state index contributed by atoms with van der Waals surface area (Å²) in [6, 6.07) is 10.7. The molecule has 2 unspecified atom stereocenters. The number of nitrogens with one attached hydrogen (secondary N) is 1. The summed E-state index contributed by atoms with van der Waals surface area (Å²) in [5.41, 5.74) is 2.69. The second kappa shape index (κ2) is 10.5. The highest BCUT2D eigenvalue weighted by Gasteiger charge is 2.08. The van der Waals surface area contributed by atoms with Crippen LogP contribution < -0.4 is 5.32 Å². The Bertz CT molecular complexity index is 399. The standard InChI is InChI=1S/C19H31BN/c1-5-6-10-16(2)13-14-17(3)21-19(20-4)15-18-11-8-7-9-12-18/h7-9,11-12,14,16,19,21H,5-6,10,13,15H2,1-4H3/b17-14+. The Morgan fingerprint density at radius 1 is 1.29 bits per heavy atom. The van der Waals surface area contributed by atoms with Crippen molar-refractivity contribution in [2.75, 3.05) is 0 Å². The molecule has 0 aliphatic carbocycles. The zero-order chi connectivity index (χ0) is 15.5. The average Bonchev–Trinajstić information content (AvgIpc) is 2.51. The van der Waals surface area contributed by atoms with Crippen LogP contribution in [0.1, 0.15) is 52.0 Å². The maximum atomic E-state index is 3.63. The Morgan fingerprint density at radius 3 is 2.62 bits per heavy atom. The lowest BCUT2D eigenvalue weighted by Crippen LogP contribution is -2.34. The highest BCUT2D eigenvalue weighted by molar-refractivity contribution is 6.35. The fraction of sp³-hybridized carbons (Fsp3) is 0.579. The third kappa shape index (κ3) is 7.99. The monoisotopic (exact) mass is 284 g/mol. The Balaban J connectivity index is 2.41. The molecule has 21 heavy (non-hydrogen) atoms. The van der Waals surface area contributed by atoms with Crippen LogP contribution in [0.5, 0.6) is 0 Å². The van der Waals surface area contributed by atoms with Crippen LogP contribution in [0.2, 0.25) is 6.82 Å². The molecule has 0 spiro atoms. The van der Waals surface area contributed by atoms with E-state index in [9.17, 15) is 0 Å². The molecule has 0 fully saturated rings. The van der Waals surface area contributed by atoms with Crippen LogP contribution in [0, 0.1) is 5.92 Å². The Kier molecular flexibility index (Phi) is 8.97. The van der Waals surface area contributed by atoms with E-state index in [-0.39, 0.29) is 0 Å². The molecule has 0 saturated heterocycles. The van der Waals surface area contributed by atoms with Crippen molar-refractivity contribution < 1.29 is 0 Å². The second-order valence-corrected chi connectivity index (χ2v) is 6.14. The van der Waals surface area contributed by atoms with Gasteiger partial charge in [0, 0.05) is 5.70 Å². The lowest BCUT2D eigenvalue weighted by Gasteiger charge is -2.19. The van der Waals surface area contributed by atoms with Crippen LogP contribution in [0.25, 0.3) is 0 Å². The molecule has 0 heterocycles. The second-order valence-electron chi connectivity index (χ2n) is 6.14. The van der Waals surface area contributed by atoms with Crippen molar-refractivity contribution in [3.63, 3.8) is 0 Å². The minimum atomic E-state index is 0.412. The molecule has 115 valence electrons. The summed E-state index contributed by atoms with van der Waals surface area (Å²) < 4.78 is 0. The first-order chi connectivity index (χ1) is 10.2. The first-order valence-corrected chi connectivity index (χ1v) is 8.42. The van der Waals surface area contributed by atoms with E-state index in [1.807, 2.05) is 0 Å². The summed E-state index contributed by atoms with van der Waals surface area (Å²) in [6.45, 7) is 8.94. The topological polar surface area (TPSA) is 12.0 Å². The summed E-state index contributed by atoms with van der Waals surface area (Å²) in [5, 5.41) is 3.63. The quantitative estimate of drug-likeness (QED) is 0.595. The van der Waals surface area contributed by atoms with Crippen LogP contribution in [-0.2, 0) is 6.42 Å². The van der Waals surface area contributed by atoms with Crippen molar-refractivity contribution >= 4 is 7.28 Å². The van der Waals surface area contributed by atoms with Crippen LogP contribution in [0.15, 0.2) is 42.1 Å². The summed E-state index contributed by atoms with van der Waals surface area (Å²) in [4.78, 5) is 0. The van der Waals surface area contributed by atoms with E-state index in [0.717, 1.165) is 12.3 Å². The molecule has 0 bridgehead atoms. The lowest BCUT2D eigenvalue weighted by molar-refractivity contribution is 0.509. The van der Waals surface area contributed by atoms with E-state index in [1.165, 1.54) is 36.9 Å². The summed E-state index contributed by atoms with van der Waals surface area (Å²) in [5.74, 6) is 1.20. The number of rotatable bonds is 10. The maximum Gasteiger partial charge on any atom is 0.137 e. The van der Waals surface area contributed by atoms with Crippen molar-refractivity contribution in [3.8, 4) is 0 Å². The Labute approximate surface area is 132 Å². The third-order valence-corrected chi connectivity index (χ3v) is 3.99. The molecule has 1 aromatic rings. The van der Waals surface area contributed by atoms with E-state index in [2.05, 4.69) is 76.6 Å². The van der Waals surface area contributed by atoms with Crippen LogP contribution >= 0.6 is 0 Å². The van der Waals surface area contributed by atoms with Gasteiger partial charge in [-0.25, -0.2) is 0 Å². The van der Waals surface area contributed by atoms with Crippen molar-refractivity contribution in [2.24, 2.45) is 5.92 Å². The molecule has 1 N–H and O–H groups in total. The van der Waals surface area contributed by atoms with Gasteiger partial charge in [0.25, 0.3) is 0 Å². The van der Waals surface area contributed by atoms with E-state index < -0.39 is 0 Å². The summed E-state index contributed by atoms with van der Waals surface area (Å²) in [6.07, 6.45) is 8.58. The summed E-state index contributed by atoms with van der Waals surface area (Å²) in [7, 11) is 2.25. The molecule has 2 heteroatoms. The lowest BCUT2D eigenvalue weighted by atomic mass is 9.70. The van der Waals surface area contributed by atoms with Crippen LogP contribution in [-0.4, -0.2) is 13.2 Å². The highest BCUT2D eigenvalue weighted by Crippen LogP contribution is 2.13. The molecule has 0 amide bonds. The smallest absolute Gasteiger partial charge is 0.137 e. The van der Waals surface area contributed by atoms with Gasteiger partial charge < -0.3 is 5.32 Å². The van der Waals surface area contributed by atoms with E-state index in [0.29, 0.717) is 5.94 Å². The Hall–Kier alpha value is -1.18. The van der Waals surface area contributed by atoms with Crippen molar-refractivity contribution in [1.29, 1.82) is 0 Å². The maximum absolute atomic E-state index is 3.63. The van der Waals surface area contributed by atoms with Gasteiger partial charge in [0.15, 0.2) is 0 Å². The zero-order valence-corrected chi connectivity index (χ0v) is 14.2. The number of hydrogen-bond acceptors (Lipinski definition) is 1. The molecular formula is C19H31BN. The molecule has 1 nitrogen and oxygen atoms in total. The molecule has 1 radical (unpaired) electrons. The molecule has 1 rings (SSSR count). The predicted octanol–water partition coefficient (Wildman–Crippen LogP) is 5.02. The van der Waals surface area contributed by atoms with Gasteiger partial charge in [-0.15, -0.1) is 0 Å². The molecule has 0 aliphatic rings. The fourth-order valence-corrected chi connectivity index (χ4v) is 2.52. The minimum absolute atomic E-state index is 0.412. The third-order valence-electron chi connectivity index (χ3n) is 3.99. The molecule has 0 aliphatic heterocycles. The van der Waals surface area contributed by atoms with Gasteiger partial charge >= 0.3 is 0 Å². The normalized spacial score (nSPS) is 14.6. The number of allylic oxidation sites excluding steroid dienone is 2. The average molecular weight is 284 g/mol. The van der Waals surface area contributed by atoms with Gasteiger partial charge in [0.1, 0.15) is 7.28 Å². The van der Waals surface area contributed by atoms with Crippen LogP contribution in [0.4, 0.5) is 0 Å². The molecule has 0 saturated carbocycles.